The predicted molar refractivity (Wildman–Crippen MR) is 106 cm³/mol. The maximum atomic E-state index is 12.5. The highest BCUT2D eigenvalue weighted by molar-refractivity contribution is 5.90. The highest BCUT2D eigenvalue weighted by Crippen LogP contribution is 2.20. The molecule has 7 heteroatoms. The van der Waals surface area contributed by atoms with Crippen molar-refractivity contribution in [2.75, 3.05) is 17.7 Å². The van der Waals surface area contributed by atoms with Gasteiger partial charge >= 0.3 is 12.1 Å². The van der Waals surface area contributed by atoms with Gasteiger partial charge in [-0.2, -0.15) is 0 Å². The summed E-state index contributed by atoms with van der Waals surface area (Å²) in [5, 5.41) is 5.48. The molecule has 0 aliphatic heterocycles. The third-order valence-corrected chi connectivity index (χ3v) is 3.85. The molecule has 0 saturated heterocycles. The number of aromatic nitrogens is 1. The van der Waals surface area contributed by atoms with Crippen LogP contribution < -0.4 is 10.6 Å². The van der Waals surface area contributed by atoms with Crippen LogP contribution in [0.15, 0.2) is 48.8 Å². The molecule has 0 bridgehead atoms. The first-order valence-corrected chi connectivity index (χ1v) is 8.69. The van der Waals surface area contributed by atoms with Gasteiger partial charge in [0.1, 0.15) is 5.60 Å². The molecule has 1 aromatic carbocycles. The molecule has 1 unspecified atom stereocenters. The lowest BCUT2D eigenvalue weighted by Crippen LogP contribution is -2.33. The molecule has 0 aliphatic carbocycles. The number of ether oxygens (including phenoxy) is 1. The summed E-state index contributed by atoms with van der Waals surface area (Å²) in [7, 11) is 1.73. The van der Waals surface area contributed by atoms with Crippen LogP contribution in [0.4, 0.5) is 21.0 Å². The van der Waals surface area contributed by atoms with E-state index in [-0.39, 0.29) is 12.1 Å². The average Bonchev–Trinajstić information content (AvgIpc) is 2.61. The van der Waals surface area contributed by atoms with E-state index >= 15 is 0 Å². The molecular weight excluding hydrogens is 344 g/mol. The van der Waals surface area contributed by atoms with E-state index in [4.69, 9.17) is 4.74 Å². The number of rotatable bonds is 4. The van der Waals surface area contributed by atoms with E-state index in [0.717, 1.165) is 5.56 Å². The van der Waals surface area contributed by atoms with Gasteiger partial charge in [-0.05, 0) is 63.6 Å². The number of benzene rings is 1. The molecule has 1 heterocycles. The fraction of sp³-hybridized carbons (Fsp3) is 0.350. The summed E-state index contributed by atoms with van der Waals surface area (Å²) in [6.45, 7) is 7.33. The Kier molecular flexibility index (Phi) is 6.39. The molecule has 2 N–H and O–H groups in total. The minimum absolute atomic E-state index is 0.119. The fourth-order valence-corrected chi connectivity index (χ4v) is 2.29. The number of pyridine rings is 1. The van der Waals surface area contributed by atoms with Gasteiger partial charge < -0.3 is 15.0 Å². The zero-order valence-electron chi connectivity index (χ0n) is 16.3. The highest BCUT2D eigenvalue weighted by atomic mass is 16.6. The average molecular weight is 370 g/mol. The van der Waals surface area contributed by atoms with Crippen molar-refractivity contribution in [3.63, 3.8) is 0 Å². The van der Waals surface area contributed by atoms with Crippen LogP contribution in [0.25, 0.3) is 0 Å². The van der Waals surface area contributed by atoms with E-state index in [1.807, 2.05) is 19.1 Å². The molecule has 0 aliphatic rings. The van der Waals surface area contributed by atoms with E-state index < -0.39 is 11.7 Å². The van der Waals surface area contributed by atoms with Crippen LogP contribution >= 0.6 is 0 Å². The van der Waals surface area contributed by atoms with Gasteiger partial charge in [-0.25, -0.2) is 9.59 Å². The second-order valence-corrected chi connectivity index (χ2v) is 7.21. The normalized spacial score (nSPS) is 12.0. The summed E-state index contributed by atoms with van der Waals surface area (Å²) in [5.74, 6) is 0. The number of hydrogen-bond acceptors (Lipinski definition) is 4. The second-order valence-electron chi connectivity index (χ2n) is 7.21. The van der Waals surface area contributed by atoms with Crippen molar-refractivity contribution in [1.82, 2.24) is 9.88 Å². The summed E-state index contributed by atoms with van der Waals surface area (Å²) in [5.41, 5.74) is 1.60. The largest absolute Gasteiger partial charge is 0.444 e. The van der Waals surface area contributed by atoms with Gasteiger partial charge in [-0.15, -0.1) is 0 Å². The van der Waals surface area contributed by atoms with Crippen molar-refractivity contribution in [2.24, 2.45) is 0 Å². The summed E-state index contributed by atoms with van der Waals surface area (Å²) in [4.78, 5) is 29.9. The quantitative estimate of drug-likeness (QED) is 0.820. The number of urea groups is 1. The van der Waals surface area contributed by atoms with Crippen LogP contribution in [0.1, 0.15) is 39.3 Å². The van der Waals surface area contributed by atoms with Crippen LogP contribution in [0.5, 0.6) is 0 Å². The van der Waals surface area contributed by atoms with Gasteiger partial charge in [0.05, 0.1) is 6.04 Å². The fourth-order valence-electron chi connectivity index (χ4n) is 2.29. The number of anilines is 2. The standard InChI is InChI=1S/C20H26N4O3/c1-14(15-7-6-12-21-13-15)24(5)18(25)22-16-8-10-17(11-9-16)23-19(26)27-20(2,3)4/h6-14H,1-5H3,(H,22,25)(H,23,26). The molecule has 0 radical (unpaired) electrons. The molecule has 27 heavy (non-hydrogen) atoms. The van der Waals surface area contributed by atoms with Crippen molar-refractivity contribution in [2.45, 2.75) is 39.3 Å². The summed E-state index contributed by atoms with van der Waals surface area (Å²) in [6, 6.07) is 10.2. The molecule has 3 amide bonds. The Balaban J connectivity index is 1.93. The van der Waals surface area contributed by atoms with Gasteiger partial charge in [0.2, 0.25) is 0 Å². The lowest BCUT2D eigenvalue weighted by molar-refractivity contribution is 0.0636. The zero-order valence-corrected chi connectivity index (χ0v) is 16.3. The number of nitrogens with one attached hydrogen (secondary N) is 2. The first kappa shape index (κ1) is 20.2. The van der Waals surface area contributed by atoms with Crippen LogP contribution in [0.3, 0.4) is 0 Å². The Labute approximate surface area is 159 Å². The molecule has 2 aromatic rings. The molecule has 1 aromatic heterocycles. The van der Waals surface area contributed by atoms with Crippen molar-refractivity contribution in [1.29, 1.82) is 0 Å². The van der Waals surface area contributed by atoms with Gasteiger partial charge in [0.25, 0.3) is 0 Å². The smallest absolute Gasteiger partial charge is 0.412 e. The maximum Gasteiger partial charge on any atom is 0.412 e. The molecule has 1 atom stereocenters. The summed E-state index contributed by atoms with van der Waals surface area (Å²) in [6.07, 6.45) is 2.92. The topological polar surface area (TPSA) is 83.6 Å². The monoisotopic (exact) mass is 370 g/mol. The lowest BCUT2D eigenvalue weighted by atomic mass is 10.1. The third-order valence-electron chi connectivity index (χ3n) is 3.85. The predicted octanol–water partition coefficient (Wildman–Crippen LogP) is 4.65. The number of hydrogen-bond donors (Lipinski definition) is 2. The molecule has 7 nitrogen and oxygen atoms in total. The second kappa shape index (κ2) is 8.53. The minimum atomic E-state index is -0.562. The van der Waals surface area contributed by atoms with Crippen LogP contribution in [-0.2, 0) is 4.74 Å². The number of nitrogens with zero attached hydrogens (tertiary/aromatic N) is 2. The van der Waals surface area contributed by atoms with E-state index in [1.54, 1.807) is 69.4 Å². The Bertz CT molecular complexity index is 770. The van der Waals surface area contributed by atoms with Crippen molar-refractivity contribution < 1.29 is 14.3 Å². The molecule has 0 saturated carbocycles. The van der Waals surface area contributed by atoms with Gasteiger partial charge in [-0.1, -0.05) is 6.07 Å². The SMILES string of the molecule is CC(c1cccnc1)N(C)C(=O)Nc1ccc(NC(=O)OC(C)(C)C)cc1. The van der Waals surface area contributed by atoms with Crippen LogP contribution in [0, 0.1) is 0 Å². The summed E-state index contributed by atoms with van der Waals surface area (Å²) >= 11 is 0. The molecule has 144 valence electrons. The Morgan fingerprint density at radius 2 is 1.67 bits per heavy atom. The van der Waals surface area contributed by atoms with Gasteiger partial charge in [0, 0.05) is 30.8 Å². The zero-order chi connectivity index (χ0) is 20.0. The van der Waals surface area contributed by atoms with Crippen LogP contribution in [0.2, 0.25) is 0 Å². The van der Waals surface area contributed by atoms with Crippen molar-refractivity contribution in [3.8, 4) is 0 Å². The number of carbonyl (C=O) groups excluding carboxylic acids is 2. The first-order chi connectivity index (χ1) is 12.7. The van der Waals surface area contributed by atoms with E-state index in [0.29, 0.717) is 11.4 Å². The van der Waals surface area contributed by atoms with Gasteiger partial charge in [-0.3, -0.25) is 10.3 Å². The van der Waals surface area contributed by atoms with Crippen LogP contribution in [-0.4, -0.2) is 34.7 Å². The maximum absolute atomic E-state index is 12.5. The highest BCUT2D eigenvalue weighted by Gasteiger charge is 2.18. The Morgan fingerprint density at radius 1 is 1.07 bits per heavy atom. The van der Waals surface area contributed by atoms with E-state index in [2.05, 4.69) is 15.6 Å². The molecular formula is C20H26N4O3. The molecule has 0 fully saturated rings. The third kappa shape index (κ3) is 6.29. The molecule has 2 rings (SSSR count). The van der Waals surface area contributed by atoms with E-state index in [1.165, 1.54) is 0 Å². The Morgan fingerprint density at radius 3 is 2.19 bits per heavy atom. The van der Waals surface area contributed by atoms with Crippen molar-refractivity contribution >= 4 is 23.5 Å². The van der Waals surface area contributed by atoms with Crippen molar-refractivity contribution in [3.05, 3.63) is 54.4 Å². The molecule has 0 spiro atoms. The lowest BCUT2D eigenvalue weighted by Gasteiger charge is -2.25. The minimum Gasteiger partial charge on any atom is -0.444 e. The van der Waals surface area contributed by atoms with E-state index in [9.17, 15) is 9.59 Å². The van der Waals surface area contributed by atoms with Gasteiger partial charge in [0.15, 0.2) is 0 Å². The number of amides is 3. The Hall–Kier alpha value is -3.09. The summed E-state index contributed by atoms with van der Waals surface area (Å²) < 4.78 is 5.20. The first-order valence-electron chi connectivity index (χ1n) is 8.69. The number of carbonyl (C=O) groups is 2.